The second-order valence-electron chi connectivity index (χ2n) is 8.96. The Hall–Kier alpha value is -4.85. The minimum atomic E-state index is -0.0952. The summed E-state index contributed by atoms with van der Waals surface area (Å²) < 4.78 is 0. The Labute approximate surface area is 206 Å². The smallest absolute Gasteiger partial charge is 0.226 e. The molecule has 0 spiro atoms. The number of H-pyrrole nitrogens is 2. The predicted molar refractivity (Wildman–Crippen MR) is 141 cm³/mol. The van der Waals surface area contributed by atoms with E-state index in [1.807, 2.05) is 74.8 Å². The lowest BCUT2D eigenvalue weighted by Gasteiger charge is -2.09. The van der Waals surface area contributed by atoms with Gasteiger partial charge in [-0.15, -0.1) is 0 Å². The van der Waals surface area contributed by atoms with Crippen LogP contribution in [0.15, 0.2) is 79.4 Å². The van der Waals surface area contributed by atoms with E-state index in [0.29, 0.717) is 0 Å². The number of rotatable bonds is 5. The maximum atomic E-state index is 12.1. The van der Waals surface area contributed by atoms with E-state index in [4.69, 9.17) is 4.98 Å². The predicted octanol–water partition coefficient (Wildman–Crippen LogP) is 5.82. The van der Waals surface area contributed by atoms with Crippen LogP contribution < -0.4 is 5.32 Å². The van der Waals surface area contributed by atoms with Crippen LogP contribution in [0, 0.1) is 5.92 Å². The molecule has 1 amide bonds. The number of aromatic nitrogens is 6. The molecule has 3 N–H and O–H groups in total. The van der Waals surface area contributed by atoms with Crippen LogP contribution in [-0.4, -0.2) is 36.0 Å². The van der Waals surface area contributed by atoms with Gasteiger partial charge in [0, 0.05) is 46.7 Å². The van der Waals surface area contributed by atoms with Gasteiger partial charge < -0.3 is 10.3 Å². The summed E-state index contributed by atoms with van der Waals surface area (Å²) in [7, 11) is 0. The fraction of sp³-hybridized carbons (Fsp3) is 0.107. The molecule has 0 saturated carbocycles. The zero-order valence-corrected chi connectivity index (χ0v) is 19.8. The van der Waals surface area contributed by atoms with Crippen LogP contribution in [0.5, 0.6) is 0 Å². The van der Waals surface area contributed by atoms with E-state index in [2.05, 4.69) is 36.5 Å². The molecule has 36 heavy (non-hydrogen) atoms. The molecular formula is C28H23N7O. The third kappa shape index (κ3) is 3.88. The monoisotopic (exact) mass is 473 g/mol. The van der Waals surface area contributed by atoms with E-state index in [-0.39, 0.29) is 11.8 Å². The first-order valence-corrected chi connectivity index (χ1v) is 11.7. The van der Waals surface area contributed by atoms with Crippen molar-refractivity contribution in [2.75, 3.05) is 5.32 Å². The van der Waals surface area contributed by atoms with Crippen molar-refractivity contribution in [1.82, 2.24) is 30.1 Å². The van der Waals surface area contributed by atoms with Crippen LogP contribution in [0.3, 0.4) is 0 Å². The van der Waals surface area contributed by atoms with Gasteiger partial charge in [-0.05, 0) is 48.0 Å². The number of carbonyl (C=O) groups excluding carboxylic acids is 1. The van der Waals surface area contributed by atoms with E-state index in [1.165, 1.54) is 0 Å². The number of pyridine rings is 3. The molecule has 176 valence electrons. The Bertz CT molecular complexity index is 1720. The highest BCUT2D eigenvalue weighted by Gasteiger charge is 2.16. The second-order valence-corrected chi connectivity index (χ2v) is 8.96. The highest BCUT2D eigenvalue weighted by molar-refractivity contribution is 6.00. The fourth-order valence-electron chi connectivity index (χ4n) is 4.23. The molecule has 8 heteroatoms. The topological polar surface area (TPSA) is 112 Å². The van der Waals surface area contributed by atoms with Crippen molar-refractivity contribution in [1.29, 1.82) is 0 Å². The quantitative estimate of drug-likeness (QED) is 0.292. The highest BCUT2D eigenvalue weighted by Crippen LogP contribution is 2.33. The third-order valence-corrected chi connectivity index (χ3v) is 6.15. The number of nitrogens with one attached hydrogen (secondary N) is 3. The first kappa shape index (κ1) is 21.7. The van der Waals surface area contributed by atoms with E-state index < -0.39 is 0 Å². The third-order valence-electron chi connectivity index (χ3n) is 6.15. The molecule has 5 heterocycles. The number of amides is 1. The van der Waals surface area contributed by atoms with Gasteiger partial charge in [0.15, 0.2) is 0 Å². The molecule has 0 aliphatic heterocycles. The number of anilines is 1. The summed E-state index contributed by atoms with van der Waals surface area (Å²) in [5.41, 5.74) is 8.60. The number of nitrogens with zero attached hydrogens (tertiary/aromatic N) is 4. The second kappa shape index (κ2) is 8.74. The molecule has 0 atom stereocenters. The SMILES string of the molecule is CC(C)C(=O)Nc1cccc(-c2ccc3[nH]nc(-c4cc5c(-c6ccncc6)cncc5[nH]4)c3n2)c1. The molecule has 0 unspecified atom stereocenters. The Balaban J connectivity index is 1.41. The molecule has 6 rings (SSSR count). The van der Waals surface area contributed by atoms with E-state index in [1.54, 1.807) is 12.4 Å². The van der Waals surface area contributed by atoms with Crippen molar-refractivity contribution in [3.8, 4) is 33.8 Å². The minimum absolute atomic E-state index is 0.0212. The molecule has 0 aliphatic carbocycles. The number of aromatic amines is 2. The van der Waals surface area contributed by atoms with Gasteiger partial charge in [-0.1, -0.05) is 26.0 Å². The number of benzene rings is 1. The maximum absolute atomic E-state index is 12.1. The average molecular weight is 474 g/mol. The number of hydrogen-bond donors (Lipinski definition) is 3. The van der Waals surface area contributed by atoms with Gasteiger partial charge in [-0.25, -0.2) is 4.98 Å². The molecular weight excluding hydrogens is 450 g/mol. The van der Waals surface area contributed by atoms with Crippen molar-refractivity contribution in [3.63, 3.8) is 0 Å². The summed E-state index contributed by atoms with van der Waals surface area (Å²) in [6.07, 6.45) is 7.23. The standard InChI is InChI=1S/C28H23N7O/c1-16(2)28(36)31-19-5-3-4-18(12-19)22-6-7-23-26(33-22)27(35-34-23)24-13-20-21(14-30-15-25(20)32-24)17-8-10-29-11-9-17/h3-16,32H,1-2H3,(H,31,36)(H,34,35). The Morgan fingerprint density at radius 3 is 2.61 bits per heavy atom. The van der Waals surface area contributed by atoms with E-state index >= 15 is 0 Å². The minimum Gasteiger partial charge on any atom is -0.352 e. The lowest BCUT2D eigenvalue weighted by molar-refractivity contribution is -0.118. The molecule has 0 bridgehead atoms. The number of carbonyl (C=O) groups is 1. The number of fused-ring (bicyclic) bond motifs is 2. The summed E-state index contributed by atoms with van der Waals surface area (Å²) in [6.45, 7) is 3.74. The largest absolute Gasteiger partial charge is 0.352 e. The first-order valence-electron chi connectivity index (χ1n) is 11.7. The summed E-state index contributed by atoms with van der Waals surface area (Å²) >= 11 is 0. The van der Waals surface area contributed by atoms with Crippen LogP contribution >= 0.6 is 0 Å². The molecule has 0 fully saturated rings. The molecule has 0 radical (unpaired) electrons. The van der Waals surface area contributed by atoms with Gasteiger partial charge >= 0.3 is 0 Å². The van der Waals surface area contributed by atoms with E-state index in [0.717, 1.165) is 61.4 Å². The van der Waals surface area contributed by atoms with Crippen LogP contribution in [0.2, 0.25) is 0 Å². The van der Waals surface area contributed by atoms with Crippen molar-refractivity contribution >= 4 is 33.5 Å². The van der Waals surface area contributed by atoms with Gasteiger partial charge in [0.1, 0.15) is 11.2 Å². The Morgan fingerprint density at radius 2 is 1.78 bits per heavy atom. The molecule has 5 aromatic heterocycles. The normalized spacial score (nSPS) is 11.4. The maximum Gasteiger partial charge on any atom is 0.226 e. The van der Waals surface area contributed by atoms with Crippen LogP contribution in [0.1, 0.15) is 13.8 Å². The summed E-state index contributed by atoms with van der Waals surface area (Å²) in [6, 6.07) is 17.7. The van der Waals surface area contributed by atoms with Crippen LogP contribution in [0.4, 0.5) is 5.69 Å². The lowest BCUT2D eigenvalue weighted by atomic mass is 10.1. The van der Waals surface area contributed by atoms with Crippen molar-refractivity contribution in [3.05, 3.63) is 79.4 Å². The highest BCUT2D eigenvalue weighted by atomic mass is 16.1. The number of hydrogen-bond acceptors (Lipinski definition) is 5. The molecule has 6 aromatic rings. The van der Waals surface area contributed by atoms with Crippen LogP contribution in [0.25, 0.3) is 55.7 Å². The Morgan fingerprint density at radius 1 is 0.917 bits per heavy atom. The summed E-state index contributed by atoms with van der Waals surface area (Å²) in [5, 5.41) is 11.7. The van der Waals surface area contributed by atoms with E-state index in [9.17, 15) is 4.79 Å². The average Bonchev–Trinajstić information content (AvgIpc) is 3.53. The molecule has 1 aromatic carbocycles. The summed E-state index contributed by atoms with van der Waals surface area (Å²) in [5.74, 6) is -0.116. The zero-order valence-electron chi connectivity index (χ0n) is 19.8. The fourth-order valence-corrected chi connectivity index (χ4v) is 4.23. The lowest BCUT2D eigenvalue weighted by Crippen LogP contribution is -2.17. The zero-order chi connectivity index (χ0) is 24.6. The first-order chi connectivity index (χ1) is 17.6. The van der Waals surface area contributed by atoms with Gasteiger partial charge in [0.25, 0.3) is 0 Å². The van der Waals surface area contributed by atoms with Crippen molar-refractivity contribution < 1.29 is 4.79 Å². The molecule has 0 saturated heterocycles. The Kier molecular flexibility index (Phi) is 5.26. The summed E-state index contributed by atoms with van der Waals surface area (Å²) in [4.78, 5) is 29.1. The van der Waals surface area contributed by atoms with Crippen molar-refractivity contribution in [2.45, 2.75) is 13.8 Å². The molecule has 8 nitrogen and oxygen atoms in total. The van der Waals surface area contributed by atoms with Gasteiger partial charge in [-0.2, -0.15) is 5.10 Å². The van der Waals surface area contributed by atoms with Crippen molar-refractivity contribution in [2.24, 2.45) is 5.92 Å². The van der Waals surface area contributed by atoms with Gasteiger partial charge in [0.2, 0.25) is 5.91 Å². The molecule has 0 aliphatic rings. The van der Waals surface area contributed by atoms with Gasteiger partial charge in [0.05, 0.1) is 28.6 Å². The van der Waals surface area contributed by atoms with Crippen LogP contribution in [-0.2, 0) is 4.79 Å². The van der Waals surface area contributed by atoms with Gasteiger partial charge in [-0.3, -0.25) is 19.9 Å².